The van der Waals surface area contributed by atoms with E-state index in [0.717, 1.165) is 12.1 Å². The van der Waals surface area contributed by atoms with Gasteiger partial charge in [0.1, 0.15) is 5.82 Å². The number of halogens is 1. The molecular formula is C7H6FO2. The maximum atomic E-state index is 12.3. The third-order valence-corrected chi connectivity index (χ3v) is 1.07. The highest BCUT2D eigenvalue weighted by molar-refractivity contribution is 5.37. The van der Waals surface area contributed by atoms with Gasteiger partial charge in [0.2, 0.25) is 0 Å². The Labute approximate surface area is 57.9 Å². The molecule has 0 aromatic heterocycles. The Morgan fingerprint density at radius 1 is 1.70 bits per heavy atom. The molecule has 2 nitrogen and oxygen atoms in total. The van der Waals surface area contributed by atoms with Crippen molar-refractivity contribution in [2.24, 2.45) is 0 Å². The summed E-state index contributed by atoms with van der Waals surface area (Å²) >= 11 is 0. The molecule has 0 spiro atoms. The zero-order chi connectivity index (χ0) is 7.56. The van der Waals surface area contributed by atoms with Gasteiger partial charge in [0.15, 0.2) is 11.5 Å². The van der Waals surface area contributed by atoms with Crippen LogP contribution in [0.3, 0.4) is 0 Å². The normalized spacial score (nSPS) is 9.40. The molecule has 1 rings (SSSR count). The van der Waals surface area contributed by atoms with Crippen molar-refractivity contribution >= 4 is 0 Å². The molecule has 0 unspecified atom stereocenters. The smallest absolute Gasteiger partial charge is 0.166 e. The van der Waals surface area contributed by atoms with E-state index in [-0.39, 0.29) is 11.5 Å². The molecule has 0 heterocycles. The molecule has 0 aliphatic carbocycles. The summed E-state index contributed by atoms with van der Waals surface area (Å²) in [5.74, 6) is -0.557. The Balaban J connectivity index is 3.09. The van der Waals surface area contributed by atoms with Crippen molar-refractivity contribution in [3.63, 3.8) is 0 Å². The van der Waals surface area contributed by atoms with Crippen LogP contribution in [0, 0.1) is 11.9 Å². The summed E-state index contributed by atoms with van der Waals surface area (Å²) in [5, 5.41) is 8.89. The summed E-state index contributed by atoms with van der Waals surface area (Å²) < 4.78 is 16.9. The summed E-state index contributed by atoms with van der Waals surface area (Å²) in [6.07, 6.45) is 0. The van der Waals surface area contributed by atoms with Gasteiger partial charge in [-0.25, -0.2) is 4.39 Å². The standard InChI is InChI=1S/C7H6FO2/c1-10-7-4-5(8)2-3-6(7)9/h2,4,9H,1H3. The van der Waals surface area contributed by atoms with Gasteiger partial charge in [-0.2, -0.15) is 0 Å². The average Bonchev–Trinajstić information content (AvgIpc) is 1.94. The second kappa shape index (κ2) is 2.56. The van der Waals surface area contributed by atoms with Crippen LogP contribution >= 0.6 is 0 Å². The van der Waals surface area contributed by atoms with Crippen molar-refractivity contribution < 1.29 is 14.2 Å². The molecule has 0 atom stereocenters. The zero-order valence-electron chi connectivity index (χ0n) is 5.39. The van der Waals surface area contributed by atoms with E-state index < -0.39 is 5.82 Å². The number of benzene rings is 1. The van der Waals surface area contributed by atoms with E-state index in [1.54, 1.807) is 0 Å². The third-order valence-electron chi connectivity index (χ3n) is 1.07. The maximum absolute atomic E-state index is 12.3. The highest BCUT2D eigenvalue weighted by atomic mass is 19.1. The fraction of sp³-hybridized carbons (Fsp3) is 0.143. The van der Waals surface area contributed by atoms with Crippen molar-refractivity contribution in [1.82, 2.24) is 0 Å². The lowest BCUT2D eigenvalue weighted by Crippen LogP contribution is -1.84. The number of aromatic hydroxyl groups is 1. The minimum atomic E-state index is -0.477. The largest absolute Gasteiger partial charge is 0.504 e. The predicted molar refractivity (Wildman–Crippen MR) is 33.5 cm³/mol. The molecule has 0 amide bonds. The van der Waals surface area contributed by atoms with Gasteiger partial charge in [0, 0.05) is 12.1 Å². The van der Waals surface area contributed by atoms with Gasteiger partial charge in [-0.05, 0) is 6.07 Å². The van der Waals surface area contributed by atoms with Crippen LogP contribution in [0.4, 0.5) is 4.39 Å². The molecule has 3 heteroatoms. The van der Waals surface area contributed by atoms with Crippen LogP contribution in [-0.2, 0) is 0 Å². The summed E-state index contributed by atoms with van der Waals surface area (Å²) in [7, 11) is 1.35. The van der Waals surface area contributed by atoms with Crippen LogP contribution in [0.15, 0.2) is 12.1 Å². The molecule has 1 aromatic carbocycles. The first kappa shape index (κ1) is 6.86. The second-order valence-corrected chi connectivity index (χ2v) is 1.73. The van der Waals surface area contributed by atoms with Gasteiger partial charge in [-0.3, -0.25) is 0 Å². The van der Waals surface area contributed by atoms with Crippen LogP contribution in [0.1, 0.15) is 0 Å². The number of hydrogen-bond donors (Lipinski definition) is 1. The van der Waals surface area contributed by atoms with Crippen LogP contribution in [0.2, 0.25) is 0 Å². The maximum Gasteiger partial charge on any atom is 0.166 e. The van der Waals surface area contributed by atoms with E-state index in [1.807, 2.05) is 0 Å². The molecule has 0 aliphatic rings. The van der Waals surface area contributed by atoms with Gasteiger partial charge in [0.25, 0.3) is 0 Å². The number of hydrogen-bond acceptors (Lipinski definition) is 2. The van der Waals surface area contributed by atoms with E-state index in [0.29, 0.717) is 0 Å². The molecule has 53 valence electrons. The molecule has 0 fully saturated rings. The highest BCUT2D eigenvalue weighted by Gasteiger charge is 2.00. The summed E-state index contributed by atoms with van der Waals surface area (Å²) in [4.78, 5) is 0. The van der Waals surface area contributed by atoms with Crippen molar-refractivity contribution in [2.45, 2.75) is 0 Å². The summed E-state index contributed by atoms with van der Waals surface area (Å²) in [6, 6.07) is 4.40. The van der Waals surface area contributed by atoms with E-state index >= 15 is 0 Å². The average molecular weight is 141 g/mol. The van der Waals surface area contributed by atoms with Crippen LogP contribution in [-0.4, -0.2) is 12.2 Å². The SMILES string of the molecule is COc1cc(F)c[c]c1O. The Kier molecular flexibility index (Phi) is 1.76. The first-order valence-corrected chi connectivity index (χ1v) is 2.68. The molecule has 1 N–H and O–H groups in total. The molecular weight excluding hydrogens is 135 g/mol. The second-order valence-electron chi connectivity index (χ2n) is 1.73. The van der Waals surface area contributed by atoms with Gasteiger partial charge >= 0.3 is 0 Å². The van der Waals surface area contributed by atoms with Gasteiger partial charge in [0.05, 0.1) is 7.11 Å². The van der Waals surface area contributed by atoms with Gasteiger partial charge < -0.3 is 9.84 Å². The van der Waals surface area contributed by atoms with Crippen molar-refractivity contribution in [3.05, 3.63) is 24.0 Å². The third kappa shape index (κ3) is 1.18. The lowest BCUT2D eigenvalue weighted by atomic mass is 10.3. The first-order chi connectivity index (χ1) is 4.74. The van der Waals surface area contributed by atoms with Crippen LogP contribution < -0.4 is 4.74 Å². The Bertz CT molecular complexity index is 235. The quantitative estimate of drug-likeness (QED) is 0.639. The molecule has 1 aromatic rings. The lowest BCUT2D eigenvalue weighted by Gasteiger charge is -2.00. The van der Waals surface area contributed by atoms with E-state index in [4.69, 9.17) is 5.11 Å². The van der Waals surface area contributed by atoms with E-state index in [9.17, 15) is 4.39 Å². The Morgan fingerprint density at radius 2 is 2.40 bits per heavy atom. The molecule has 10 heavy (non-hydrogen) atoms. The lowest BCUT2D eigenvalue weighted by molar-refractivity contribution is 0.369. The first-order valence-electron chi connectivity index (χ1n) is 2.68. The predicted octanol–water partition coefficient (Wildman–Crippen LogP) is 1.34. The molecule has 0 saturated heterocycles. The summed E-state index contributed by atoms with van der Waals surface area (Å²) in [5.41, 5.74) is 0. The minimum absolute atomic E-state index is 0.0972. The zero-order valence-corrected chi connectivity index (χ0v) is 5.39. The monoisotopic (exact) mass is 141 g/mol. The van der Waals surface area contributed by atoms with Crippen LogP contribution in [0.5, 0.6) is 11.5 Å². The molecule has 0 bridgehead atoms. The number of phenols is 1. The Morgan fingerprint density at radius 3 is 2.90 bits per heavy atom. The van der Waals surface area contributed by atoms with Crippen molar-refractivity contribution in [3.8, 4) is 11.5 Å². The summed E-state index contributed by atoms with van der Waals surface area (Å²) in [6.45, 7) is 0. The van der Waals surface area contributed by atoms with Crippen LogP contribution in [0.25, 0.3) is 0 Å². The van der Waals surface area contributed by atoms with E-state index in [2.05, 4.69) is 10.8 Å². The fourth-order valence-corrected chi connectivity index (χ4v) is 0.599. The number of ether oxygens (including phenoxy) is 1. The van der Waals surface area contributed by atoms with E-state index in [1.165, 1.54) is 7.11 Å². The number of phenolic OH excluding ortho intramolecular Hbond substituents is 1. The fourth-order valence-electron chi connectivity index (χ4n) is 0.599. The Hall–Kier alpha value is -1.25. The molecule has 0 aliphatic heterocycles. The minimum Gasteiger partial charge on any atom is -0.504 e. The van der Waals surface area contributed by atoms with Gasteiger partial charge in [-0.1, -0.05) is 0 Å². The highest BCUT2D eigenvalue weighted by Crippen LogP contribution is 2.24. The topological polar surface area (TPSA) is 29.5 Å². The number of rotatable bonds is 1. The van der Waals surface area contributed by atoms with Crippen molar-refractivity contribution in [2.75, 3.05) is 7.11 Å². The molecule has 1 radical (unpaired) electrons. The molecule has 0 saturated carbocycles. The number of methoxy groups -OCH3 is 1. The van der Waals surface area contributed by atoms with Crippen molar-refractivity contribution in [1.29, 1.82) is 0 Å². The van der Waals surface area contributed by atoms with Gasteiger partial charge in [-0.15, -0.1) is 0 Å².